The van der Waals surface area contributed by atoms with E-state index in [4.69, 9.17) is 4.74 Å². The molecule has 1 aliphatic rings. The van der Waals surface area contributed by atoms with Crippen LogP contribution in [-0.2, 0) is 0 Å². The fourth-order valence-electron chi connectivity index (χ4n) is 2.08. The highest BCUT2D eigenvalue weighted by Gasteiger charge is 2.46. The summed E-state index contributed by atoms with van der Waals surface area (Å²) in [6.45, 7) is 3.24. The van der Waals surface area contributed by atoms with E-state index < -0.39 is 5.54 Å². The average Bonchev–Trinajstić information content (AvgIpc) is 3.20. The zero-order valence-electron chi connectivity index (χ0n) is 10.1. The number of nitrogens with one attached hydrogen (secondary N) is 1. The summed E-state index contributed by atoms with van der Waals surface area (Å²) in [7, 11) is 0. The summed E-state index contributed by atoms with van der Waals surface area (Å²) in [6.07, 6.45) is 2.25. The van der Waals surface area contributed by atoms with Gasteiger partial charge in [0.15, 0.2) is 0 Å². The second-order valence-electron chi connectivity index (χ2n) is 4.49. The lowest BCUT2D eigenvalue weighted by atomic mass is 9.96. The molecular formula is C14H18N2O. The first-order valence-electron chi connectivity index (χ1n) is 6.15. The molecule has 1 unspecified atom stereocenters. The number of nitrogens with zero attached hydrogens (tertiary/aromatic N) is 1. The van der Waals surface area contributed by atoms with Crippen LogP contribution in [0.4, 0.5) is 0 Å². The Morgan fingerprint density at radius 1 is 1.41 bits per heavy atom. The fourth-order valence-corrected chi connectivity index (χ4v) is 2.08. The van der Waals surface area contributed by atoms with Gasteiger partial charge in [0, 0.05) is 0 Å². The molecule has 0 saturated heterocycles. The van der Waals surface area contributed by atoms with Gasteiger partial charge in [-0.05, 0) is 37.4 Å². The van der Waals surface area contributed by atoms with E-state index in [0.717, 1.165) is 25.1 Å². The first-order valence-corrected chi connectivity index (χ1v) is 6.15. The van der Waals surface area contributed by atoms with E-state index in [1.807, 2.05) is 37.3 Å². The minimum atomic E-state index is -0.509. The molecule has 0 bridgehead atoms. The lowest BCUT2D eigenvalue weighted by molar-refractivity contribution is 0.204. The average molecular weight is 230 g/mol. The third kappa shape index (κ3) is 2.78. The molecule has 3 nitrogen and oxygen atoms in total. The Balaban J connectivity index is 2.01. The number of nitriles is 1. The van der Waals surface area contributed by atoms with Gasteiger partial charge >= 0.3 is 0 Å². The maximum Gasteiger partial charge on any atom is 0.143 e. The van der Waals surface area contributed by atoms with Gasteiger partial charge in [-0.15, -0.1) is 0 Å². The van der Waals surface area contributed by atoms with E-state index in [0.29, 0.717) is 12.5 Å². The van der Waals surface area contributed by atoms with Crippen LogP contribution in [0, 0.1) is 17.2 Å². The molecule has 3 heteroatoms. The Labute approximate surface area is 102 Å². The summed E-state index contributed by atoms with van der Waals surface area (Å²) in [5, 5.41) is 12.7. The van der Waals surface area contributed by atoms with Crippen molar-refractivity contribution in [2.45, 2.75) is 25.3 Å². The quantitative estimate of drug-likeness (QED) is 0.816. The van der Waals surface area contributed by atoms with Gasteiger partial charge in [-0.25, -0.2) is 0 Å². The van der Waals surface area contributed by atoms with Crippen LogP contribution in [0.1, 0.15) is 19.8 Å². The third-order valence-electron chi connectivity index (χ3n) is 3.18. The highest BCUT2D eigenvalue weighted by atomic mass is 16.5. The summed E-state index contributed by atoms with van der Waals surface area (Å²) < 4.78 is 5.73. The van der Waals surface area contributed by atoms with Crippen molar-refractivity contribution < 1.29 is 4.74 Å². The van der Waals surface area contributed by atoms with Gasteiger partial charge in [0.05, 0.1) is 6.07 Å². The monoisotopic (exact) mass is 230 g/mol. The molecule has 17 heavy (non-hydrogen) atoms. The van der Waals surface area contributed by atoms with Crippen LogP contribution >= 0.6 is 0 Å². The van der Waals surface area contributed by atoms with Gasteiger partial charge in [-0.2, -0.15) is 5.26 Å². The van der Waals surface area contributed by atoms with Crippen LogP contribution in [-0.4, -0.2) is 18.7 Å². The molecule has 0 aromatic heterocycles. The number of rotatable bonds is 6. The van der Waals surface area contributed by atoms with Gasteiger partial charge in [0.25, 0.3) is 0 Å². The van der Waals surface area contributed by atoms with E-state index in [1.54, 1.807) is 0 Å². The lowest BCUT2D eigenvalue weighted by Crippen LogP contribution is -2.50. The predicted molar refractivity (Wildman–Crippen MR) is 66.7 cm³/mol. The van der Waals surface area contributed by atoms with Crippen molar-refractivity contribution in [1.29, 1.82) is 5.26 Å². The van der Waals surface area contributed by atoms with Crippen molar-refractivity contribution in [2.24, 2.45) is 5.92 Å². The number of hydrogen-bond acceptors (Lipinski definition) is 3. The van der Waals surface area contributed by atoms with Crippen LogP contribution in [0.15, 0.2) is 30.3 Å². The number of ether oxygens (including phenoxy) is 1. The molecule has 1 atom stereocenters. The molecule has 1 saturated carbocycles. The number of benzene rings is 1. The highest BCUT2D eigenvalue weighted by molar-refractivity contribution is 5.23. The van der Waals surface area contributed by atoms with Gasteiger partial charge in [-0.3, -0.25) is 5.32 Å². The van der Waals surface area contributed by atoms with Crippen LogP contribution in [0.5, 0.6) is 5.75 Å². The van der Waals surface area contributed by atoms with Crippen molar-refractivity contribution in [3.05, 3.63) is 30.3 Å². The van der Waals surface area contributed by atoms with Crippen LogP contribution in [0.2, 0.25) is 0 Å². The predicted octanol–water partition coefficient (Wildman–Crippen LogP) is 2.35. The van der Waals surface area contributed by atoms with Crippen LogP contribution in [0.3, 0.4) is 0 Å². The number of para-hydroxylation sites is 1. The topological polar surface area (TPSA) is 45.0 Å². The Hall–Kier alpha value is -1.53. The summed E-state index contributed by atoms with van der Waals surface area (Å²) in [4.78, 5) is 0. The van der Waals surface area contributed by atoms with Gasteiger partial charge in [-0.1, -0.05) is 25.1 Å². The molecule has 1 N–H and O–H groups in total. The third-order valence-corrected chi connectivity index (χ3v) is 3.18. The van der Waals surface area contributed by atoms with Crippen LogP contribution in [0.25, 0.3) is 0 Å². The smallest absolute Gasteiger partial charge is 0.143 e. The maximum atomic E-state index is 9.40. The first-order chi connectivity index (χ1) is 8.30. The van der Waals surface area contributed by atoms with Gasteiger partial charge < -0.3 is 4.74 Å². The molecule has 0 aliphatic heterocycles. The zero-order valence-corrected chi connectivity index (χ0v) is 10.1. The fraction of sp³-hybridized carbons (Fsp3) is 0.500. The van der Waals surface area contributed by atoms with Gasteiger partial charge in [0.2, 0.25) is 0 Å². The molecule has 1 aromatic carbocycles. The summed E-state index contributed by atoms with van der Waals surface area (Å²) >= 11 is 0. The van der Waals surface area contributed by atoms with Gasteiger partial charge in [0.1, 0.15) is 17.9 Å². The molecule has 0 spiro atoms. The Morgan fingerprint density at radius 2 is 2.12 bits per heavy atom. The summed E-state index contributed by atoms with van der Waals surface area (Å²) in [5.74, 6) is 1.27. The molecule has 0 heterocycles. The molecule has 1 fully saturated rings. The van der Waals surface area contributed by atoms with E-state index in [2.05, 4.69) is 11.4 Å². The Kier molecular flexibility index (Phi) is 3.65. The Morgan fingerprint density at radius 3 is 2.65 bits per heavy atom. The second-order valence-corrected chi connectivity index (χ2v) is 4.49. The largest absolute Gasteiger partial charge is 0.491 e. The lowest BCUT2D eigenvalue weighted by Gasteiger charge is -2.27. The standard InChI is InChI=1S/C14H18N2O/c1-2-16-14(10-15,12-8-9-12)11-17-13-6-4-3-5-7-13/h3-7,12,16H,2,8-9,11H2,1H3. The highest BCUT2D eigenvalue weighted by Crippen LogP contribution is 2.39. The van der Waals surface area contributed by atoms with E-state index in [9.17, 15) is 5.26 Å². The van der Waals surface area contributed by atoms with Crippen molar-refractivity contribution in [3.63, 3.8) is 0 Å². The molecular weight excluding hydrogens is 212 g/mol. The molecule has 90 valence electrons. The van der Waals surface area contributed by atoms with Crippen molar-refractivity contribution in [2.75, 3.05) is 13.2 Å². The minimum absolute atomic E-state index is 0.423. The summed E-state index contributed by atoms with van der Waals surface area (Å²) in [5.41, 5.74) is -0.509. The number of likely N-dealkylation sites (N-methyl/N-ethyl adjacent to an activating group) is 1. The zero-order chi connectivity index (χ0) is 12.1. The second kappa shape index (κ2) is 5.20. The molecule has 1 aliphatic carbocycles. The van der Waals surface area contributed by atoms with E-state index in [-0.39, 0.29) is 0 Å². The van der Waals surface area contributed by atoms with Crippen molar-refractivity contribution in [1.82, 2.24) is 5.32 Å². The minimum Gasteiger partial charge on any atom is -0.491 e. The van der Waals surface area contributed by atoms with Crippen molar-refractivity contribution >= 4 is 0 Å². The molecule has 0 amide bonds. The Bertz CT molecular complexity index is 394. The molecule has 1 aromatic rings. The maximum absolute atomic E-state index is 9.40. The van der Waals surface area contributed by atoms with Crippen molar-refractivity contribution in [3.8, 4) is 11.8 Å². The van der Waals surface area contributed by atoms with Crippen LogP contribution < -0.4 is 10.1 Å². The summed E-state index contributed by atoms with van der Waals surface area (Å²) in [6, 6.07) is 12.1. The molecule has 0 radical (unpaired) electrons. The number of hydrogen-bond donors (Lipinski definition) is 1. The SMILES string of the molecule is CCNC(C#N)(COc1ccccc1)C1CC1. The molecule has 2 rings (SSSR count). The van der Waals surface area contributed by atoms with E-state index >= 15 is 0 Å². The normalized spacial score (nSPS) is 18.1. The first kappa shape index (κ1) is 11.9. The van der Waals surface area contributed by atoms with E-state index in [1.165, 1.54) is 0 Å².